The van der Waals surface area contributed by atoms with Crippen molar-refractivity contribution in [3.8, 4) is 0 Å². The summed E-state index contributed by atoms with van der Waals surface area (Å²) in [5.74, 6) is 0. The number of aliphatic hydroxyl groups is 1. The SMILES string of the molecule is O=C1OC(CN2CCC(O)(c3ccccc3)CC2)CN1c1cccc(C(F)(F)F)c1. The third-order valence-corrected chi connectivity index (χ3v) is 5.82. The molecule has 1 N–H and O–H groups in total. The Bertz CT molecular complexity index is 896. The summed E-state index contributed by atoms with van der Waals surface area (Å²) in [4.78, 5) is 15.6. The van der Waals surface area contributed by atoms with Crippen molar-refractivity contribution in [3.05, 3.63) is 65.7 Å². The molecule has 2 saturated heterocycles. The Balaban J connectivity index is 1.36. The zero-order valence-corrected chi connectivity index (χ0v) is 16.3. The molecule has 8 heteroatoms. The minimum atomic E-state index is -4.47. The molecule has 0 aliphatic carbocycles. The second kappa shape index (κ2) is 7.92. The Morgan fingerprint density at radius 2 is 1.77 bits per heavy atom. The number of hydrogen-bond acceptors (Lipinski definition) is 4. The van der Waals surface area contributed by atoms with E-state index in [-0.39, 0.29) is 12.2 Å². The van der Waals surface area contributed by atoms with E-state index < -0.39 is 29.5 Å². The van der Waals surface area contributed by atoms with Gasteiger partial charge in [0.1, 0.15) is 6.10 Å². The molecule has 0 radical (unpaired) electrons. The number of carbonyl (C=O) groups is 1. The number of rotatable bonds is 4. The summed E-state index contributed by atoms with van der Waals surface area (Å²) in [5.41, 5.74) is -0.594. The average Bonchev–Trinajstić information content (AvgIpc) is 3.10. The van der Waals surface area contributed by atoms with Gasteiger partial charge in [-0.05, 0) is 36.6 Å². The van der Waals surface area contributed by atoms with E-state index in [4.69, 9.17) is 4.74 Å². The molecule has 4 rings (SSSR count). The number of cyclic esters (lactones) is 1. The number of nitrogens with zero attached hydrogens (tertiary/aromatic N) is 2. The van der Waals surface area contributed by atoms with Crippen LogP contribution in [0.2, 0.25) is 0 Å². The maximum atomic E-state index is 13.0. The Kier molecular flexibility index (Phi) is 5.46. The van der Waals surface area contributed by atoms with E-state index in [0.29, 0.717) is 32.5 Å². The molecule has 160 valence electrons. The van der Waals surface area contributed by atoms with E-state index in [1.807, 2.05) is 30.3 Å². The van der Waals surface area contributed by atoms with Gasteiger partial charge in [-0.2, -0.15) is 13.2 Å². The van der Waals surface area contributed by atoms with Crippen molar-refractivity contribution in [2.75, 3.05) is 31.1 Å². The fourth-order valence-electron chi connectivity index (χ4n) is 4.11. The molecule has 0 saturated carbocycles. The van der Waals surface area contributed by atoms with Gasteiger partial charge in [-0.3, -0.25) is 9.80 Å². The van der Waals surface area contributed by atoms with Gasteiger partial charge in [0.2, 0.25) is 0 Å². The predicted octanol–water partition coefficient (Wildman–Crippen LogP) is 4.01. The molecule has 0 spiro atoms. The van der Waals surface area contributed by atoms with Gasteiger partial charge in [0.25, 0.3) is 0 Å². The van der Waals surface area contributed by atoms with Gasteiger partial charge in [-0.15, -0.1) is 0 Å². The first-order valence-electron chi connectivity index (χ1n) is 9.90. The van der Waals surface area contributed by atoms with Crippen molar-refractivity contribution in [2.45, 2.75) is 30.7 Å². The van der Waals surface area contributed by atoms with Crippen LogP contribution in [0.5, 0.6) is 0 Å². The number of benzene rings is 2. The lowest BCUT2D eigenvalue weighted by Gasteiger charge is -2.39. The Hall–Kier alpha value is -2.58. The molecular weight excluding hydrogens is 397 g/mol. The second-order valence-corrected chi connectivity index (χ2v) is 7.86. The highest BCUT2D eigenvalue weighted by Gasteiger charge is 2.38. The molecule has 1 unspecified atom stereocenters. The summed E-state index contributed by atoms with van der Waals surface area (Å²) >= 11 is 0. The highest BCUT2D eigenvalue weighted by Crippen LogP contribution is 2.34. The lowest BCUT2D eigenvalue weighted by molar-refractivity contribution is -0.137. The first-order chi connectivity index (χ1) is 14.2. The monoisotopic (exact) mass is 420 g/mol. The summed E-state index contributed by atoms with van der Waals surface area (Å²) in [5, 5.41) is 10.9. The number of ether oxygens (including phenoxy) is 1. The Morgan fingerprint density at radius 1 is 1.07 bits per heavy atom. The summed E-state index contributed by atoms with van der Waals surface area (Å²) in [6, 6.07) is 14.2. The molecule has 1 amide bonds. The number of halogens is 3. The smallest absolute Gasteiger partial charge is 0.416 e. The van der Waals surface area contributed by atoms with Crippen LogP contribution in [0.15, 0.2) is 54.6 Å². The van der Waals surface area contributed by atoms with Crippen LogP contribution in [-0.2, 0) is 16.5 Å². The van der Waals surface area contributed by atoms with Crippen LogP contribution in [0.25, 0.3) is 0 Å². The van der Waals surface area contributed by atoms with E-state index >= 15 is 0 Å². The van der Waals surface area contributed by atoms with E-state index in [1.54, 1.807) is 0 Å². The first kappa shape index (κ1) is 20.7. The number of carbonyl (C=O) groups excluding carboxylic acids is 1. The molecule has 2 aromatic carbocycles. The van der Waals surface area contributed by atoms with E-state index in [0.717, 1.165) is 17.7 Å². The zero-order valence-electron chi connectivity index (χ0n) is 16.3. The molecular formula is C22H23F3N2O3. The van der Waals surface area contributed by atoms with Crippen LogP contribution in [0.3, 0.4) is 0 Å². The minimum absolute atomic E-state index is 0.175. The molecule has 0 aromatic heterocycles. The quantitative estimate of drug-likeness (QED) is 0.812. The number of hydrogen-bond donors (Lipinski definition) is 1. The zero-order chi connectivity index (χ0) is 21.4. The number of alkyl halides is 3. The topological polar surface area (TPSA) is 53.0 Å². The standard InChI is InChI=1S/C22H23F3N2O3/c23-22(24,25)17-7-4-8-18(13-17)27-15-19(30-20(27)28)14-26-11-9-21(29,10-12-26)16-5-2-1-3-6-16/h1-8,13,19,29H,9-12,14-15H2. The van der Waals surface area contributed by atoms with Gasteiger partial charge in [-0.1, -0.05) is 36.4 Å². The molecule has 30 heavy (non-hydrogen) atoms. The highest BCUT2D eigenvalue weighted by atomic mass is 19.4. The molecule has 5 nitrogen and oxygen atoms in total. The van der Waals surface area contributed by atoms with Crippen molar-refractivity contribution < 1.29 is 27.8 Å². The van der Waals surface area contributed by atoms with Crippen LogP contribution in [0.1, 0.15) is 24.0 Å². The van der Waals surface area contributed by atoms with Crippen molar-refractivity contribution >= 4 is 11.8 Å². The maximum Gasteiger partial charge on any atom is 0.416 e. The van der Waals surface area contributed by atoms with Gasteiger partial charge >= 0.3 is 12.3 Å². The number of anilines is 1. The van der Waals surface area contributed by atoms with Crippen molar-refractivity contribution in [1.29, 1.82) is 0 Å². The van der Waals surface area contributed by atoms with Gasteiger partial charge < -0.3 is 9.84 Å². The van der Waals surface area contributed by atoms with Gasteiger partial charge in [0, 0.05) is 25.3 Å². The molecule has 2 aromatic rings. The minimum Gasteiger partial charge on any atom is -0.443 e. The van der Waals surface area contributed by atoms with Crippen LogP contribution in [0.4, 0.5) is 23.7 Å². The fraction of sp³-hybridized carbons (Fsp3) is 0.409. The third-order valence-electron chi connectivity index (χ3n) is 5.82. The molecule has 2 fully saturated rings. The third kappa shape index (κ3) is 4.29. The van der Waals surface area contributed by atoms with Crippen LogP contribution >= 0.6 is 0 Å². The number of amides is 1. The summed E-state index contributed by atoms with van der Waals surface area (Å²) in [6.45, 7) is 1.96. The first-order valence-corrected chi connectivity index (χ1v) is 9.90. The summed E-state index contributed by atoms with van der Waals surface area (Å²) in [7, 11) is 0. The predicted molar refractivity (Wildman–Crippen MR) is 105 cm³/mol. The molecule has 2 aliphatic heterocycles. The van der Waals surface area contributed by atoms with E-state index in [1.165, 1.54) is 17.0 Å². The summed E-state index contributed by atoms with van der Waals surface area (Å²) in [6.07, 6.45) is -4.42. The largest absolute Gasteiger partial charge is 0.443 e. The van der Waals surface area contributed by atoms with Crippen LogP contribution in [-0.4, -0.2) is 48.4 Å². The Morgan fingerprint density at radius 3 is 2.43 bits per heavy atom. The number of likely N-dealkylation sites (tertiary alicyclic amines) is 1. The van der Waals surface area contributed by atoms with Crippen molar-refractivity contribution in [1.82, 2.24) is 4.90 Å². The average molecular weight is 420 g/mol. The lowest BCUT2D eigenvalue weighted by Crippen LogP contribution is -2.45. The van der Waals surface area contributed by atoms with Crippen molar-refractivity contribution in [3.63, 3.8) is 0 Å². The van der Waals surface area contributed by atoms with Crippen molar-refractivity contribution in [2.24, 2.45) is 0 Å². The number of piperidine rings is 1. The fourth-order valence-corrected chi connectivity index (χ4v) is 4.11. The van der Waals surface area contributed by atoms with E-state index in [2.05, 4.69) is 4.90 Å². The van der Waals surface area contributed by atoms with Crippen LogP contribution in [0, 0.1) is 0 Å². The van der Waals surface area contributed by atoms with Crippen LogP contribution < -0.4 is 4.90 Å². The maximum absolute atomic E-state index is 13.0. The Labute approximate surface area is 172 Å². The van der Waals surface area contributed by atoms with Gasteiger partial charge in [0.05, 0.1) is 17.7 Å². The van der Waals surface area contributed by atoms with E-state index in [9.17, 15) is 23.1 Å². The molecule has 2 aliphatic rings. The molecule has 2 heterocycles. The summed E-state index contributed by atoms with van der Waals surface area (Å²) < 4.78 is 44.3. The van der Waals surface area contributed by atoms with Gasteiger partial charge in [-0.25, -0.2) is 4.79 Å². The second-order valence-electron chi connectivity index (χ2n) is 7.86. The highest BCUT2D eigenvalue weighted by molar-refractivity contribution is 5.89. The molecule has 0 bridgehead atoms. The van der Waals surface area contributed by atoms with Gasteiger partial charge in [0.15, 0.2) is 0 Å². The lowest BCUT2D eigenvalue weighted by atomic mass is 9.84. The molecule has 1 atom stereocenters. The normalized spacial score (nSPS) is 22.2.